The van der Waals surface area contributed by atoms with Gasteiger partial charge in [0.05, 0.1) is 34.0 Å². The standard InChI is InChI=1S/C26H30ClN7O2S/c1-32-13-15-34(16-14-32)23-12-11-18(17-20(23)27)28-26-30-21-9-6-7-19(21)25(31-26)29-22-8-4-5-10-24(22)33(2)37(3,35)36/h4-8,10-12,17H,9,13-16H2,1-3H3,(H2,28,29,30,31). The van der Waals surface area contributed by atoms with Crippen LogP contribution in [0.5, 0.6) is 0 Å². The van der Waals surface area contributed by atoms with Crippen LogP contribution in [-0.4, -0.2) is 69.8 Å². The van der Waals surface area contributed by atoms with E-state index in [1.54, 1.807) is 12.1 Å². The molecule has 3 aromatic rings. The molecule has 2 aliphatic rings. The second-order valence-corrected chi connectivity index (χ2v) is 11.7. The fourth-order valence-electron chi connectivity index (χ4n) is 4.46. The van der Waals surface area contributed by atoms with E-state index in [4.69, 9.17) is 21.6 Å². The van der Waals surface area contributed by atoms with E-state index < -0.39 is 10.0 Å². The molecule has 2 heterocycles. The minimum absolute atomic E-state index is 0.433. The Morgan fingerprint density at radius 1 is 1.03 bits per heavy atom. The molecule has 1 aromatic heterocycles. The number of para-hydroxylation sites is 2. The van der Waals surface area contributed by atoms with Crippen molar-refractivity contribution in [2.75, 3.05) is 66.4 Å². The number of piperazine rings is 1. The predicted octanol–water partition coefficient (Wildman–Crippen LogP) is 4.33. The van der Waals surface area contributed by atoms with E-state index in [0.717, 1.165) is 48.8 Å². The van der Waals surface area contributed by atoms with Crippen LogP contribution in [-0.2, 0) is 16.4 Å². The Bertz CT molecular complexity index is 1450. The molecular weight excluding hydrogens is 510 g/mol. The highest BCUT2D eigenvalue weighted by atomic mass is 35.5. The van der Waals surface area contributed by atoms with E-state index in [-0.39, 0.29) is 0 Å². The summed E-state index contributed by atoms with van der Waals surface area (Å²) in [6.45, 7) is 3.89. The van der Waals surface area contributed by atoms with Crippen molar-refractivity contribution in [1.29, 1.82) is 0 Å². The lowest BCUT2D eigenvalue weighted by Gasteiger charge is -2.34. The zero-order valence-electron chi connectivity index (χ0n) is 21.1. The number of rotatable bonds is 7. The molecule has 194 valence electrons. The van der Waals surface area contributed by atoms with E-state index >= 15 is 0 Å². The van der Waals surface area contributed by atoms with E-state index in [9.17, 15) is 8.42 Å². The Morgan fingerprint density at radius 3 is 2.51 bits per heavy atom. The lowest BCUT2D eigenvalue weighted by atomic mass is 10.2. The van der Waals surface area contributed by atoms with Crippen molar-refractivity contribution in [1.82, 2.24) is 14.9 Å². The Balaban J connectivity index is 1.41. The molecule has 0 saturated carbocycles. The largest absolute Gasteiger partial charge is 0.368 e. The zero-order chi connectivity index (χ0) is 26.2. The van der Waals surface area contributed by atoms with Gasteiger partial charge in [0.25, 0.3) is 0 Å². The first kappa shape index (κ1) is 25.3. The summed E-state index contributed by atoms with van der Waals surface area (Å²) in [5, 5.41) is 7.30. The van der Waals surface area contributed by atoms with Gasteiger partial charge in [-0.1, -0.05) is 35.9 Å². The van der Waals surface area contributed by atoms with Crippen LogP contribution in [0.4, 0.5) is 34.5 Å². The molecule has 1 saturated heterocycles. The summed E-state index contributed by atoms with van der Waals surface area (Å²) in [5.41, 5.74) is 4.73. The molecule has 37 heavy (non-hydrogen) atoms. The third-order valence-corrected chi connectivity index (χ3v) is 8.16. The number of nitrogens with zero attached hydrogens (tertiary/aromatic N) is 5. The minimum atomic E-state index is -3.43. The van der Waals surface area contributed by atoms with Crippen LogP contribution < -0.4 is 19.8 Å². The van der Waals surface area contributed by atoms with Crippen LogP contribution in [0.3, 0.4) is 0 Å². The molecule has 2 aromatic carbocycles. The Morgan fingerprint density at radius 2 is 1.78 bits per heavy atom. The number of hydrogen-bond donors (Lipinski definition) is 2. The monoisotopic (exact) mass is 539 g/mol. The van der Waals surface area contributed by atoms with Crippen molar-refractivity contribution in [2.24, 2.45) is 0 Å². The number of hydrogen-bond acceptors (Lipinski definition) is 8. The van der Waals surface area contributed by atoms with Crippen LogP contribution in [0.2, 0.25) is 5.02 Å². The highest BCUT2D eigenvalue weighted by molar-refractivity contribution is 7.92. The van der Waals surface area contributed by atoms with E-state index in [1.165, 1.54) is 17.6 Å². The second-order valence-electron chi connectivity index (χ2n) is 9.32. The van der Waals surface area contributed by atoms with Crippen molar-refractivity contribution < 1.29 is 8.42 Å². The summed E-state index contributed by atoms with van der Waals surface area (Å²) in [7, 11) is 0.225. The summed E-state index contributed by atoms with van der Waals surface area (Å²) < 4.78 is 25.6. The highest BCUT2D eigenvalue weighted by Gasteiger charge is 2.21. The molecule has 1 aliphatic heterocycles. The van der Waals surface area contributed by atoms with Gasteiger partial charge in [-0.25, -0.2) is 13.4 Å². The summed E-state index contributed by atoms with van der Waals surface area (Å²) >= 11 is 6.67. The molecule has 9 nitrogen and oxygen atoms in total. The number of benzene rings is 2. The van der Waals surface area contributed by atoms with Crippen molar-refractivity contribution in [3.8, 4) is 0 Å². The molecular formula is C26H30ClN7O2S. The Hall–Kier alpha value is -3.34. The van der Waals surface area contributed by atoms with E-state index in [0.29, 0.717) is 34.6 Å². The van der Waals surface area contributed by atoms with Gasteiger partial charge < -0.3 is 20.4 Å². The van der Waals surface area contributed by atoms with Gasteiger partial charge in [0.15, 0.2) is 0 Å². The normalized spacial score (nSPS) is 15.5. The predicted molar refractivity (Wildman–Crippen MR) is 152 cm³/mol. The summed E-state index contributed by atoms with van der Waals surface area (Å²) in [6.07, 6.45) is 5.88. The quantitative estimate of drug-likeness (QED) is 0.458. The fraction of sp³-hybridized carbons (Fsp3) is 0.308. The lowest BCUT2D eigenvalue weighted by molar-refractivity contribution is 0.313. The van der Waals surface area contributed by atoms with Crippen molar-refractivity contribution in [2.45, 2.75) is 6.42 Å². The van der Waals surface area contributed by atoms with Crippen LogP contribution in [0, 0.1) is 0 Å². The zero-order valence-corrected chi connectivity index (χ0v) is 22.6. The first-order valence-electron chi connectivity index (χ1n) is 12.1. The second kappa shape index (κ2) is 10.2. The van der Waals surface area contributed by atoms with Gasteiger partial charge in [0.2, 0.25) is 16.0 Å². The lowest BCUT2D eigenvalue weighted by Crippen LogP contribution is -2.44. The maximum atomic E-state index is 12.2. The molecule has 0 radical (unpaired) electrons. The molecule has 0 atom stereocenters. The third-order valence-electron chi connectivity index (χ3n) is 6.66. The number of anilines is 6. The van der Waals surface area contributed by atoms with Crippen LogP contribution >= 0.6 is 11.6 Å². The first-order chi connectivity index (χ1) is 17.7. The van der Waals surface area contributed by atoms with Gasteiger partial charge in [-0.2, -0.15) is 4.98 Å². The topological polar surface area (TPSA) is 93.7 Å². The average molecular weight is 540 g/mol. The summed E-state index contributed by atoms with van der Waals surface area (Å²) in [5.74, 6) is 1.03. The van der Waals surface area contributed by atoms with Crippen LogP contribution in [0.25, 0.3) is 6.08 Å². The Kier molecular flexibility index (Phi) is 6.98. The highest BCUT2D eigenvalue weighted by Crippen LogP contribution is 2.34. The van der Waals surface area contributed by atoms with Gasteiger partial charge in [-0.15, -0.1) is 0 Å². The average Bonchev–Trinajstić information content (AvgIpc) is 3.33. The SMILES string of the molecule is CN1CCN(c2ccc(Nc3nc4c(c(Nc5ccccc5N(C)S(C)(=O)=O)n3)C=CC4)cc2Cl)CC1. The molecule has 0 spiro atoms. The van der Waals surface area contributed by atoms with Crippen LogP contribution in [0.1, 0.15) is 11.3 Å². The smallest absolute Gasteiger partial charge is 0.232 e. The number of aromatic nitrogens is 2. The fourth-order valence-corrected chi connectivity index (χ4v) is 5.28. The summed E-state index contributed by atoms with van der Waals surface area (Å²) in [6, 6.07) is 13.1. The van der Waals surface area contributed by atoms with Crippen LogP contribution in [0.15, 0.2) is 48.5 Å². The first-order valence-corrected chi connectivity index (χ1v) is 14.3. The number of nitrogens with one attached hydrogen (secondary N) is 2. The Labute approximate surface area is 222 Å². The maximum absolute atomic E-state index is 12.2. The molecule has 0 bridgehead atoms. The number of fused-ring (bicyclic) bond motifs is 1. The van der Waals surface area contributed by atoms with Gasteiger partial charge in [-0.05, 0) is 37.4 Å². The van der Waals surface area contributed by atoms with Gasteiger partial charge >= 0.3 is 0 Å². The number of allylic oxidation sites excluding steroid dienone is 1. The van der Waals surface area contributed by atoms with Gasteiger partial charge in [0.1, 0.15) is 5.82 Å². The number of likely N-dealkylation sites (N-methyl/N-ethyl adjacent to an activating group) is 1. The molecule has 0 unspecified atom stereocenters. The maximum Gasteiger partial charge on any atom is 0.232 e. The molecule has 1 aliphatic carbocycles. The molecule has 11 heteroatoms. The molecule has 5 rings (SSSR count). The van der Waals surface area contributed by atoms with Gasteiger partial charge in [0, 0.05) is 50.9 Å². The van der Waals surface area contributed by atoms with Crippen molar-refractivity contribution in [3.63, 3.8) is 0 Å². The minimum Gasteiger partial charge on any atom is -0.368 e. The van der Waals surface area contributed by atoms with E-state index in [2.05, 4.69) is 27.5 Å². The number of halogens is 1. The third kappa shape index (κ3) is 5.51. The van der Waals surface area contributed by atoms with Crippen molar-refractivity contribution in [3.05, 3.63) is 64.8 Å². The number of sulfonamides is 1. The summed E-state index contributed by atoms with van der Waals surface area (Å²) in [4.78, 5) is 14.1. The van der Waals surface area contributed by atoms with Crippen molar-refractivity contribution >= 4 is 62.2 Å². The van der Waals surface area contributed by atoms with E-state index in [1.807, 2.05) is 42.5 Å². The molecule has 2 N–H and O–H groups in total. The molecule has 1 fully saturated rings. The molecule has 0 amide bonds. The van der Waals surface area contributed by atoms with Gasteiger partial charge in [-0.3, -0.25) is 4.31 Å².